The number of hydrogen-bond acceptors (Lipinski definition) is 3. The summed E-state index contributed by atoms with van der Waals surface area (Å²) in [6.07, 6.45) is 0. The van der Waals surface area contributed by atoms with Gasteiger partial charge in [0.05, 0.1) is 5.38 Å². The Hall–Kier alpha value is -0.550. The fraction of sp³-hybridized carbons (Fsp3) is 0.333. The normalized spacial score (nSPS) is 12.9. The van der Waals surface area contributed by atoms with Crippen molar-refractivity contribution in [3.63, 3.8) is 0 Å². The monoisotopic (exact) mass is 252 g/mol. The number of aromatic nitrogens is 2. The molecule has 12 heavy (non-hydrogen) atoms. The Morgan fingerprint density at radius 1 is 1.75 bits per heavy atom. The van der Waals surface area contributed by atoms with E-state index in [1.807, 2.05) is 0 Å². The van der Waals surface area contributed by atoms with Crippen LogP contribution in [0.1, 0.15) is 18.1 Å². The van der Waals surface area contributed by atoms with E-state index >= 15 is 0 Å². The van der Waals surface area contributed by atoms with E-state index < -0.39 is 10.9 Å². The van der Waals surface area contributed by atoms with Crippen molar-refractivity contribution in [3.8, 4) is 5.88 Å². The third kappa shape index (κ3) is 1.78. The molecular formula is C6H6BrClN2O2. The van der Waals surface area contributed by atoms with E-state index in [0.29, 0.717) is 0 Å². The number of rotatable bonds is 1. The summed E-state index contributed by atoms with van der Waals surface area (Å²) in [5.41, 5.74) is -0.440. The van der Waals surface area contributed by atoms with E-state index in [1.54, 1.807) is 6.92 Å². The van der Waals surface area contributed by atoms with Crippen LogP contribution in [0.4, 0.5) is 0 Å². The Labute approximate surface area is 81.7 Å². The van der Waals surface area contributed by atoms with Crippen LogP contribution in [0, 0.1) is 0 Å². The van der Waals surface area contributed by atoms with E-state index in [4.69, 9.17) is 16.7 Å². The number of aromatic hydroxyl groups is 1. The van der Waals surface area contributed by atoms with Crippen LogP contribution >= 0.6 is 27.5 Å². The molecule has 0 fully saturated rings. The van der Waals surface area contributed by atoms with Crippen LogP contribution in [0.3, 0.4) is 0 Å². The van der Waals surface area contributed by atoms with Crippen molar-refractivity contribution in [3.05, 3.63) is 20.7 Å². The summed E-state index contributed by atoms with van der Waals surface area (Å²) >= 11 is 8.50. The highest BCUT2D eigenvalue weighted by Crippen LogP contribution is 2.20. The molecule has 2 N–H and O–H groups in total. The van der Waals surface area contributed by atoms with Crippen LogP contribution in [0.2, 0.25) is 0 Å². The summed E-state index contributed by atoms with van der Waals surface area (Å²) in [7, 11) is 0. The summed E-state index contributed by atoms with van der Waals surface area (Å²) < 4.78 is 0.0172. The van der Waals surface area contributed by atoms with Gasteiger partial charge in [-0.15, -0.1) is 11.6 Å². The van der Waals surface area contributed by atoms with Crippen LogP contribution in [-0.4, -0.2) is 15.1 Å². The van der Waals surface area contributed by atoms with Gasteiger partial charge >= 0.3 is 0 Å². The molecule has 6 heteroatoms. The summed E-state index contributed by atoms with van der Waals surface area (Å²) in [5, 5.41) is 8.66. The van der Waals surface area contributed by atoms with Gasteiger partial charge in [-0.3, -0.25) is 4.79 Å². The van der Waals surface area contributed by atoms with Crippen molar-refractivity contribution < 1.29 is 5.11 Å². The molecule has 66 valence electrons. The smallest absolute Gasteiger partial charge is 0.269 e. The topological polar surface area (TPSA) is 66.0 Å². The summed E-state index contributed by atoms with van der Waals surface area (Å²) in [6, 6.07) is 0. The molecule has 1 heterocycles. The van der Waals surface area contributed by atoms with Gasteiger partial charge in [0.25, 0.3) is 5.56 Å². The first-order chi connectivity index (χ1) is 5.52. The molecule has 1 atom stereocenters. The van der Waals surface area contributed by atoms with Crippen LogP contribution in [-0.2, 0) is 0 Å². The van der Waals surface area contributed by atoms with Gasteiger partial charge in [0, 0.05) is 0 Å². The number of halogens is 2. The van der Waals surface area contributed by atoms with Crippen LogP contribution < -0.4 is 5.56 Å². The number of nitrogens with zero attached hydrogens (tertiary/aromatic N) is 1. The quantitative estimate of drug-likeness (QED) is 0.746. The first-order valence-corrected chi connectivity index (χ1v) is 4.38. The molecule has 0 amide bonds. The van der Waals surface area contributed by atoms with E-state index in [2.05, 4.69) is 25.9 Å². The highest BCUT2D eigenvalue weighted by molar-refractivity contribution is 9.10. The lowest BCUT2D eigenvalue weighted by molar-refractivity contribution is 0.443. The van der Waals surface area contributed by atoms with Gasteiger partial charge < -0.3 is 10.1 Å². The van der Waals surface area contributed by atoms with E-state index in [1.165, 1.54) is 0 Å². The Morgan fingerprint density at radius 3 is 2.75 bits per heavy atom. The number of alkyl halides is 1. The third-order valence-corrected chi connectivity index (χ3v) is 2.16. The van der Waals surface area contributed by atoms with Gasteiger partial charge in [-0.2, -0.15) is 4.98 Å². The van der Waals surface area contributed by atoms with Crippen LogP contribution in [0.15, 0.2) is 9.27 Å². The maximum atomic E-state index is 11.0. The molecular weight excluding hydrogens is 247 g/mol. The van der Waals surface area contributed by atoms with Crippen molar-refractivity contribution in [2.75, 3.05) is 0 Å². The van der Waals surface area contributed by atoms with Gasteiger partial charge in [0.15, 0.2) is 0 Å². The minimum atomic E-state index is -0.440. The summed E-state index contributed by atoms with van der Waals surface area (Å²) in [4.78, 5) is 17.1. The molecule has 1 aromatic rings. The maximum absolute atomic E-state index is 11.0. The SMILES string of the molecule is CC(Cl)c1nc(O)c(Br)c(=O)[nH]1. The summed E-state index contributed by atoms with van der Waals surface area (Å²) in [6.45, 7) is 1.65. The van der Waals surface area contributed by atoms with Gasteiger partial charge in [0.2, 0.25) is 5.88 Å². The molecule has 0 aliphatic rings. The largest absolute Gasteiger partial charge is 0.492 e. The zero-order valence-corrected chi connectivity index (χ0v) is 8.48. The molecule has 0 spiro atoms. The zero-order chi connectivity index (χ0) is 9.30. The lowest BCUT2D eigenvalue weighted by Crippen LogP contribution is -2.12. The number of aromatic amines is 1. The van der Waals surface area contributed by atoms with Crippen molar-refractivity contribution >= 4 is 27.5 Å². The predicted octanol–water partition coefficient (Wildman–Crippen LogP) is 1.54. The Bertz CT molecular complexity index is 350. The van der Waals surface area contributed by atoms with E-state index in [-0.39, 0.29) is 16.2 Å². The van der Waals surface area contributed by atoms with Gasteiger partial charge in [0.1, 0.15) is 10.3 Å². The molecule has 0 saturated carbocycles. The average molecular weight is 253 g/mol. The average Bonchev–Trinajstić information content (AvgIpc) is 1.99. The van der Waals surface area contributed by atoms with Gasteiger partial charge in [-0.25, -0.2) is 0 Å². The van der Waals surface area contributed by atoms with Gasteiger partial charge in [-0.1, -0.05) is 0 Å². The third-order valence-electron chi connectivity index (χ3n) is 1.24. The molecule has 0 radical (unpaired) electrons. The molecule has 0 bridgehead atoms. The fourth-order valence-corrected chi connectivity index (χ4v) is 0.943. The fourth-order valence-electron chi connectivity index (χ4n) is 0.652. The molecule has 0 aliphatic carbocycles. The number of nitrogens with one attached hydrogen (secondary N) is 1. The Kier molecular flexibility index (Phi) is 2.74. The highest BCUT2D eigenvalue weighted by atomic mass is 79.9. The minimum absolute atomic E-state index is 0.0172. The molecule has 1 aromatic heterocycles. The molecule has 1 unspecified atom stereocenters. The lowest BCUT2D eigenvalue weighted by Gasteiger charge is -2.02. The second-order valence-electron chi connectivity index (χ2n) is 2.20. The minimum Gasteiger partial charge on any atom is -0.492 e. The second kappa shape index (κ2) is 3.45. The van der Waals surface area contributed by atoms with Crippen LogP contribution in [0.5, 0.6) is 5.88 Å². The molecule has 0 aromatic carbocycles. The van der Waals surface area contributed by atoms with Crippen LogP contribution in [0.25, 0.3) is 0 Å². The highest BCUT2D eigenvalue weighted by Gasteiger charge is 2.10. The van der Waals surface area contributed by atoms with Crippen molar-refractivity contribution in [1.82, 2.24) is 9.97 Å². The first-order valence-electron chi connectivity index (χ1n) is 3.15. The number of hydrogen-bond donors (Lipinski definition) is 2. The van der Waals surface area contributed by atoms with Crippen molar-refractivity contribution in [2.24, 2.45) is 0 Å². The zero-order valence-electron chi connectivity index (χ0n) is 6.14. The molecule has 0 saturated heterocycles. The van der Waals surface area contributed by atoms with Crippen molar-refractivity contribution in [2.45, 2.75) is 12.3 Å². The standard InChI is InChI=1S/C6H6BrClN2O2/c1-2(8)4-9-5(11)3(7)6(12)10-4/h2H,1H3,(H2,9,10,11,12). The first kappa shape index (κ1) is 9.54. The summed E-state index contributed by atoms with van der Waals surface area (Å²) in [5.74, 6) is -0.0939. The molecule has 0 aliphatic heterocycles. The van der Waals surface area contributed by atoms with E-state index in [0.717, 1.165) is 0 Å². The van der Waals surface area contributed by atoms with E-state index in [9.17, 15) is 4.79 Å². The lowest BCUT2D eigenvalue weighted by atomic mass is 10.4. The Morgan fingerprint density at radius 2 is 2.33 bits per heavy atom. The molecule has 4 nitrogen and oxygen atoms in total. The number of H-pyrrole nitrogens is 1. The van der Waals surface area contributed by atoms with Crippen molar-refractivity contribution in [1.29, 1.82) is 0 Å². The predicted molar refractivity (Wildman–Crippen MR) is 48.5 cm³/mol. The maximum Gasteiger partial charge on any atom is 0.269 e. The van der Waals surface area contributed by atoms with Gasteiger partial charge in [-0.05, 0) is 22.9 Å². The second-order valence-corrected chi connectivity index (χ2v) is 3.65. The molecule has 1 rings (SSSR count). The Balaban J connectivity index is 3.31.